The van der Waals surface area contributed by atoms with Crippen LogP contribution in [0, 0.1) is 0 Å². The van der Waals surface area contributed by atoms with Gasteiger partial charge in [0.1, 0.15) is 6.04 Å². The van der Waals surface area contributed by atoms with E-state index in [-0.39, 0.29) is 12.0 Å². The van der Waals surface area contributed by atoms with Crippen molar-refractivity contribution in [3.63, 3.8) is 0 Å². The summed E-state index contributed by atoms with van der Waals surface area (Å²) in [5, 5.41) is 3.04. The lowest BCUT2D eigenvalue weighted by molar-refractivity contribution is -0.146. The molecular weight excluding hydrogens is 214 g/mol. The molecule has 1 N–H and O–H groups in total. The van der Waals surface area contributed by atoms with E-state index in [1.54, 1.807) is 0 Å². The van der Waals surface area contributed by atoms with E-state index >= 15 is 0 Å². The third-order valence-corrected chi connectivity index (χ3v) is 2.93. The molecule has 0 aliphatic carbocycles. The fourth-order valence-corrected chi connectivity index (χ4v) is 1.81. The van der Waals surface area contributed by atoms with Crippen LogP contribution < -0.4 is 5.32 Å². The highest BCUT2D eigenvalue weighted by atomic mass is 16.5. The Morgan fingerprint density at radius 3 is 2.29 bits per heavy atom. The van der Waals surface area contributed by atoms with Gasteiger partial charge in [0.2, 0.25) is 0 Å². The average molecular weight is 243 g/mol. The van der Waals surface area contributed by atoms with Crippen molar-refractivity contribution in [1.82, 2.24) is 5.32 Å². The van der Waals surface area contributed by atoms with Crippen molar-refractivity contribution in [2.24, 2.45) is 0 Å². The van der Waals surface area contributed by atoms with E-state index in [9.17, 15) is 4.79 Å². The first kappa shape index (κ1) is 16.4. The zero-order valence-electron chi connectivity index (χ0n) is 11.8. The van der Waals surface area contributed by atoms with E-state index in [2.05, 4.69) is 12.2 Å². The molecule has 0 radical (unpaired) electrons. The lowest BCUT2D eigenvalue weighted by Crippen LogP contribution is -2.35. The van der Waals surface area contributed by atoms with Crippen molar-refractivity contribution in [2.75, 3.05) is 13.7 Å². The van der Waals surface area contributed by atoms with Gasteiger partial charge in [-0.15, -0.1) is 0 Å². The number of esters is 1. The van der Waals surface area contributed by atoms with Crippen LogP contribution in [0.4, 0.5) is 0 Å². The van der Waals surface area contributed by atoms with Crippen molar-refractivity contribution in [3.8, 4) is 0 Å². The molecule has 3 nitrogen and oxygen atoms in total. The van der Waals surface area contributed by atoms with Crippen LogP contribution in [0.25, 0.3) is 0 Å². The van der Waals surface area contributed by atoms with Gasteiger partial charge in [-0.2, -0.15) is 0 Å². The molecule has 1 atom stereocenters. The minimum atomic E-state index is -0.118. The molecule has 0 aromatic rings. The van der Waals surface area contributed by atoms with Gasteiger partial charge < -0.3 is 10.1 Å². The smallest absolute Gasteiger partial charge is 0.323 e. The van der Waals surface area contributed by atoms with Crippen LogP contribution in [0.5, 0.6) is 0 Å². The average Bonchev–Trinajstić information content (AvgIpc) is 2.35. The Balaban J connectivity index is 3.56. The monoisotopic (exact) mass is 243 g/mol. The quantitative estimate of drug-likeness (QED) is 0.447. The number of carbonyl (C=O) groups is 1. The van der Waals surface area contributed by atoms with Crippen LogP contribution in [0.2, 0.25) is 0 Å². The highest BCUT2D eigenvalue weighted by Crippen LogP contribution is 2.09. The second kappa shape index (κ2) is 11.9. The molecule has 0 aromatic carbocycles. The van der Waals surface area contributed by atoms with Crippen LogP contribution >= 0.6 is 0 Å². The van der Waals surface area contributed by atoms with Gasteiger partial charge in [-0.1, -0.05) is 52.4 Å². The maximum Gasteiger partial charge on any atom is 0.323 e. The highest BCUT2D eigenvalue weighted by molar-refractivity contribution is 5.75. The Kier molecular flexibility index (Phi) is 11.5. The number of likely N-dealkylation sites (N-methyl/N-ethyl adjacent to an activating group) is 1. The van der Waals surface area contributed by atoms with Crippen LogP contribution in [-0.2, 0) is 9.53 Å². The minimum absolute atomic E-state index is 0.0945. The molecule has 0 aromatic heterocycles. The molecule has 0 fully saturated rings. The lowest BCUT2D eigenvalue weighted by Gasteiger charge is -2.14. The SMILES string of the molecule is CCCCCCCCC(NC)C(=O)OCCC. The van der Waals surface area contributed by atoms with E-state index in [1.807, 2.05) is 14.0 Å². The molecule has 0 aliphatic rings. The van der Waals surface area contributed by atoms with Gasteiger partial charge in [-0.3, -0.25) is 4.79 Å². The molecule has 0 amide bonds. The second-order valence-corrected chi connectivity index (χ2v) is 4.57. The van der Waals surface area contributed by atoms with E-state index in [0.29, 0.717) is 6.61 Å². The predicted octanol–water partition coefficient (Wildman–Crippen LogP) is 3.28. The Bertz CT molecular complexity index is 183. The Hall–Kier alpha value is -0.570. The lowest BCUT2D eigenvalue weighted by atomic mass is 10.1. The summed E-state index contributed by atoms with van der Waals surface area (Å²) in [4.78, 5) is 11.6. The fraction of sp³-hybridized carbons (Fsp3) is 0.929. The van der Waals surface area contributed by atoms with Gasteiger partial charge in [-0.05, 0) is 19.9 Å². The summed E-state index contributed by atoms with van der Waals surface area (Å²) in [5.41, 5.74) is 0. The molecule has 1 unspecified atom stereocenters. The second-order valence-electron chi connectivity index (χ2n) is 4.57. The summed E-state index contributed by atoms with van der Waals surface area (Å²) >= 11 is 0. The Morgan fingerprint density at radius 1 is 1.06 bits per heavy atom. The first-order chi connectivity index (χ1) is 8.26. The van der Waals surface area contributed by atoms with E-state index in [1.165, 1.54) is 32.1 Å². The molecule has 0 heterocycles. The summed E-state index contributed by atoms with van der Waals surface area (Å²) in [7, 11) is 1.83. The number of carbonyl (C=O) groups excluding carboxylic acids is 1. The van der Waals surface area contributed by atoms with Crippen LogP contribution in [-0.4, -0.2) is 25.7 Å². The zero-order chi connectivity index (χ0) is 12.9. The standard InChI is InChI=1S/C14H29NO2/c1-4-6-7-8-9-10-11-13(15-3)14(16)17-12-5-2/h13,15H,4-12H2,1-3H3. The molecule has 0 aliphatic heterocycles. The summed E-state index contributed by atoms with van der Waals surface area (Å²) < 4.78 is 5.14. The summed E-state index contributed by atoms with van der Waals surface area (Å²) in [6.07, 6.45) is 9.33. The third-order valence-electron chi connectivity index (χ3n) is 2.93. The van der Waals surface area contributed by atoms with E-state index in [4.69, 9.17) is 4.74 Å². The maximum absolute atomic E-state index is 11.6. The molecule has 0 saturated carbocycles. The number of hydrogen-bond donors (Lipinski definition) is 1. The maximum atomic E-state index is 11.6. The van der Waals surface area contributed by atoms with Crippen LogP contribution in [0.15, 0.2) is 0 Å². The molecule has 17 heavy (non-hydrogen) atoms. The van der Waals surface area contributed by atoms with Crippen molar-refractivity contribution in [2.45, 2.75) is 71.3 Å². The van der Waals surface area contributed by atoms with Gasteiger partial charge in [0.25, 0.3) is 0 Å². The van der Waals surface area contributed by atoms with Crippen LogP contribution in [0.1, 0.15) is 65.2 Å². The first-order valence-corrected chi connectivity index (χ1v) is 7.10. The molecule has 102 valence electrons. The zero-order valence-corrected chi connectivity index (χ0v) is 11.8. The van der Waals surface area contributed by atoms with Gasteiger partial charge >= 0.3 is 5.97 Å². The fourth-order valence-electron chi connectivity index (χ4n) is 1.81. The van der Waals surface area contributed by atoms with Crippen molar-refractivity contribution >= 4 is 5.97 Å². The molecule has 3 heteroatoms. The summed E-state index contributed by atoms with van der Waals surface area (Å²) in [5.74, 6) is -0.0945. The van der Waals surface area contributed by atoms with Gasteiger partial charge in [0, 0.05) is 0 Å². The molecule has 0 bridgehead atoms. The number of rotatable bonds is 11. The molecule has 0 rings (SSSR count). The third kappa shape index (κ3) is 9.16. The normalized spacial score (nSPS) is 12.4. The largest absolute Gasteiger partial charge is 0.465 e. The van der Waals surface area contributed by atoms with Gasteiger partial charge in [0.15, 0.2) is 0 Å². The summed E-state index contributed by atoms with van der Waals surface area (Å²) in [6, 6.07) is -0.118. The van der Waals surface area contributed by atoms with Gasteiger partial charge in [-0.25, -0.2) is 0 Å². The number of hydrogen-bond acceptors (Lipinski definition) is 3. The summed E-state index contributed by atoms with van der Waals surface area (Å²) in [6.45, 7) is 4.77. The molecule has 0 saturated heterocycles. The van der Waals surface area contributed by atoms with E-state index < -0.39 is 0 Å². The Morgan fingerprint density at radius 2 is 1.71 bits per heavy atom. The highest BCUT2D eigenvalue weighted by Gasteiger charge is 2.16. The van der Waals surface area contributed by atoms with E-state index in [0.717, 1.165) is 19.3 Å². The first-order valence-electron chi connectivity index (χ1n) is 7.10. The topological polar surface area (TPSA) is 38.3 Å². The molecule has 0 spiro atoms. The number of unbranched alkanes of at least 4 members (excludes halogenated alkanes) is 5. The number of ether oxygens (including phenoxy) is 1. The van der Waals surface area contributed by atoms with Gasteiger partial charge in [0.05, 0.1) is 6.61 Å². The Labute approximate surface area is 106 Å². The number of nitrogens with one attached hydrogen (secondary N) is 1. The van der Waals surface area contributed by atoms with Crippen molar-refractivity contribution in [3.05, 3.63) is 0 Å². The van der Waals surface area contributed by atoms with Crippen molar-refractivity contribution in [1.29, 1.82) is 0 Å². The van der Waals surface area contributed by atoms with Crippen molar-refractivity contribution < 1.29 is 9.53 Å². The van der Waals surface area contributed by atoms with Crippen LogP contribution in [0.3, 0.4) is 0 Å². The predicted molar refractivity (Wildman–Crippen MR) is 72.1 cm³/mol. The molecular formula is C14H29NO2. The minimum Gasteiger partial charge on any atom is -0.465 e.